The maximum atomic E-state index is 12.2. The fraction of sp³-hybridized carbons (Fsp3) is 0.294. The Hall–Kier alpha value is -2.12. The highest BCUT2D eigenvalue weighted by atomic mass is 35.5. The van der Waals surface area contributed by atoms with Crippen molar-refractivity contribution in [1.29, 1.82) is 0 Å². The van der Waals surface area contributed by atoms with Gasteiger partial charge in [-0.05, 0) is 37.1 Å². The van der Waals surface area contributed by atoms with E-state index >= 15 is 0 Å². The van der Waals surface area contributed by atoms with E-state index in [0.717, 1.165) is 24.1 Å². The van der Waals surface area contributed by atoms with Crippen molar-refractivity contribution < 1.29 is 12.7 Å². The molecular formula is C17H18ClN3O3S. The van der Waals surface area contributed by atoms with Gasteiger partial charge >= 0.3 is 10.1 Å². The average molecular weight is 380 g/mol. The summed E-state index contributed by atoms with van der Waals surface area (Å²) in [6.07, 6.45) is 3.26. The number of hydrogen-bond donors (Lipinski definition) is 0. The van der Waals surface area contributed by atoms with Crippen molar-refractivity contribution in [3.63, 3.8) is 0 Å². The van der Waals surface area contributed by atoms with Crippen LogP contribution in [0.4, 0.5) is 0 Å². The van der Waals surface area contributed by atoms with Gasteiger partial charge in [-0.3, -0.25) is 4.28 Å². The van der Waals surface area contributed by atoms with Gasteiger partial charge in [0.15, 0.2) is 0 Å². The van der Waals surface area contributed by atoms with E-state index in [9.17, 15) is 8.42 Å². The van der Waals surface area contributed by atoms with Crippen LogP contribution < -0.4 is 0 Å². The summed E-state index contributed by atoms with van der Waals surface area (Å²) in [5, 5.41) is 4.33. The van der Waals surface area contributed by atoms with E-state index in [4.69, 9.17) is 15.9 Å². The molecule has 0 aliphatic carbocycles. The van der Waals surface area contributed by atoms with Gasteiger partial charge in [0.1, 0.15) is 15.9 Å². The summed E-state index contributed by atoms with van der Waals surface area (Å²) in [4.78, 5) is 6.12. The second-order valence-electron chi connectivity index (χ2n) is 5.86. The summed E-state index contributed by atoms with van der Waals surface area (Å²) >= 11 is 5.79. The van der Waals surface area contributed by atoms with E-state index in [1.807, 2.05) is 17.9 Å². The average Bonchev–Trinajstić information content (AvgIpc) is 3.03. The third-order valence-corrected chi connectivity index (χ3v) is 5.25. The van der Waals surface area contributed by atoms with Crippen LogP contribution in [0, 0.1) is 6.92 Å². The Morgan fingerprint density at radius 2 is 2.00 bits per heavy atom. The molecule has 0 unspecified atom stereocenters. The molecule has 2 aromatic rings. The summed E-state index contributed by atoms with van der Waals surface area (Å²) in [5.41, 5.74) is 1.95. The van der Waals surface area contributed by atoms with E-state index in [1.165, 1.54) is 12.1 Å². The van der Waals surface area contributed by atoms with Gasteiger partial charge in [0.2, 0.25) is 0 Å². The first-order valence-electron chi connectivity index (χ1n) is 7.86. The number of aryl methyl sites for hydroxylation is 1. The van der Waals surface area contributed by atoms with Gasteiger partial charge in [-0.15, -0.1) is 0 Å². The molecule has 0 atom stereocenters. The van der Waals surface area contributed by atoms with Crippen LogP contribution in [0.15, 0.2) is 52.6 Å². The van der Waals surface area contributed by atoms with Crippen LogP contribution in [0.3, 0.4) is 0 Å². The number of nitrogens with zero attached hydrogens (tertiary/aromatic N) is 3. The van der Waals surface area contributed by atoms with Crippen molar-refractivity contribution in [2.75, 3.05) is 6.54 Å². The van der Waals surface area contributed by atoms with Gasteiger partial charge in [0.25, 0.3) is 0 Å². The minimum absolute atomic E-state index is 0.0916. The quantitative estimate of drug-likeness (QED) is 0.588. The zero-order valence-corrected chi connectivity index (χ0v) is 15.3. The van der Waals surface area contributed by atoms with Gasteiger partial charge in [-0.25, -0.2) is 4.98 Å². The first kappa shape index (κ1) is 17.7. The van der Waals surface area contributed by atoms with Crippen LogP contribution in [0.25, 0.3) is 0 Å². The molecule has 0 N–H and O–H groups in total. The number of pyridine rings is 1. The fourth-order valence-electron chi connectivity index (χ4n) is 2.55. The van der Waals surface area contributed by atoms with E-state index in [-0.39, 0.29) is 4.90 Å². The Morgan fingerprint density at radius 1 is 1.24 bits per heavy atom. The predicted molar refractivity (Wildman–Crippen MR) is 95.8 cm³/mol. The van der Waals surface area contributed by atoms with E-state index in [2.05, 4.69) is 10.1 Å². The largest absolute Gasteiger partial charge is 0.358 e. The lowest BCUT2D eigenvalue weighted by Crippen LogP contribution is -2.25. The number of oxime groups is 1. The summed E-state index contributed by atoms with van der Waals surface area (Å²) in [5.74, 6) is 0.616. The molecule has 0 radical (unpaired) electrons. The van der Waals surface area contributed by atoms with Gasteiger partial charge in [-0.1, -0.05) is 40.5 Å². The molecule has 1 fully saturated rings. The Balaban J connectivity index is 1.71. The summed E-state index contributed by atoms with van der Waals surface area (Å²) in [7, 11) is -3.91. The molecule has 1 aromatic carbocycles. The Bertz CT molecular complexity index is 865. The van der Waals surface area contributed by atoms with Crippen molar-refractivity contribution in [2.45, 2.75) is 31.2 Å². The Kier molecular flexibility index (Phi) is 5.24. The van der Waals surface area contributed by atoms with Crippen molar-refractivity contribution in [3.8, 4) is 0 Å². The van der Waals surface area contributed by atoms with E-state index in [0.29, 0.717) is 24.0 Å². The molecule has 1 aliphatic heterocycles. The lowest BCUT2D eigenvalue weighted by atomic mass is 10.2. The van der Waals surface area contributed by atoms with Crippen LogP contribution >= 0.6 is 11.6 Å². The van der Waals surface area contributed by atoms with Crippen molar-refractivity contribution in [1.82, 2.24) is 9.88 Å². The smallest absolute Gasteiger partial charge is 0.353 e. The van der Waals surface area contributed by atoms with Crippen molar-refractivity contribution >= 4 is 27.6 Å². The third kappa shape index (κ3) is 4.49. The molecule has 1 saturated heterocycles. The zero-order chi connectivity index (χ0) is 17.9. The molecule has 1 aliphatic rings. The summed E-state index contributed by atoms with van der Waals surface area (Å²) < 4.78 is 29.4. The summed E-state index contributed by atoms with van der Waals surface area (Å²) in [6, 6.07) is 10.1. The molecule has 8 heteroatoms. The van der Waals surface area contributed by atoms with E-state index in [1.54, 1.807) is 24.4 Å². The van der Waals surface area contributed by atoms with Gasteiger partial charge in [0.05, 0.1) is 0 Å². The minimum Gasteiger partial charge on any atom is -0.353 e. The first-order chi connectivity index (χ1) is 11.9. The van der Waals surface area contributed by atoms with Gasteiger partial charge in [-0.2, -0.15) is 8.42 Å². The summed E-state index contributed by atoms with van der Waals surface area (Å²) in [6.45, 7) is 3.26. The SMILES string of the molecule is Cc1ccc(S(=O)(=O)O/N=C2\CCCN2Cc2ccc(Cl)nc2)cc1. The number of rotatable bonds is 5. The number of hydrogen-bond acceptors (Lipinski definition) is 5. The molecule has 2 heterocycles. The number of amidine groups is 1. The molecule has 0 saturated carbocycles. The molecule has 6 nitrogen and oxygen atoms in total. The van der Waals surface area contributed by atoms with Crippen molar-refractivity contribution in [2.24, 2.45) is 5.16 Å². The topological polar surface area (TPSA) is 71.9 Å². The van der Waals surface area contributed by atoms with Gasteiger partial charge in [0, 0.05) is 25.7 Å². The minimum atomic E-state index is -3.91. The highest BCUT2D eigenvalue weighted by Gasteiger charge is 2.22. The maximum absolute atomic E-state index is 12.2. The number of aromatic nitrogens is 1. The van der Waals surface area contributed by atoms with Crippen LogP contribution in [0.1, 0.15) is 24.0 Å². The van der Waals surface area contributed by atoms with Crippen LogP contribution in [0.5, 0.6) is 0 Å². The van der Waals surface area contributed by atoms with Crippen LogP contribution in [-0.2, 0) is 20.9 Å². The molecule has 0 spiro atoms. The highest BCUT2D eigenvalue weighted by Crippen LogP contribution is 2.19. The molecule has 0 bridgehead atoms. The number of benzene rings is 1. The third-order valence-electron chi connectivity index (χ3n) is 3.91. The number of halogens is 1. The molecule has 1 aromatic heterocycles. The normalized spacial score (nSPS) is 16.4. The molecule has 0 amide bonds. The second kappa shape index (κ2) is 7.41. The molecular weight excluding hydrogens is 362 g/mol. The first-order valence-corrected chi connectivity index (χ1v) is 9.65. The number of likely N-dealkylation sites (tertiary alicyclic amines) is 1. The lowest BCUT2D eigenvalue weighted by Gasteiger charge is -2.18. The van der Waals surface area contributed by atoms with Crippen LogP contribution in [0.2, 0.25) is 5.15 Å². The molecule has 132 valence electrons. The monoisotopic (exact) mass is 379 g/mol. The maximum Gasteiger partial charge on any atom is 0.358 e. The van der Waals surface area contributed by atoms with Crippen molar-refractivity contribution in [3.05, 3.63) is 58.9 Å². The molecule has 3 rings (SSSR count). The highest BCUT2D eigenvalue weighted by molar-refractivity contribution is 7.86. The van der Waals surface area contributed by atoms with Gasteiger partial charge < -0.3 is 4.90 Å². The molecule has 25 heavy (non-hydrogen) atoms. The Morgan fingerprint density at radius 3 is 2.68 bits per heavy atom. The zero-order valence-electron chi connectivity index (χ0n) is 13.7. The fourth-order valence-corrected chi connectivity index (χ4v) is 3.40. The predicted octanol–water partition coefficient (Wildman–Crippen LogP) is 3.36. The Labute approximate surface area is 152 Å². The van der Waals surface area contributed by atoms with E-state index < -0.39 is 10.1 Å². The lowest BCUT2D eigenvalue weighted by molar-refractivity contribution is 0.324. The second-order valence-corrected chi connectivity index (χ2v) is 7.78. The van der Waals surface area contributed by atoms with Crippen LogP contribution in [-0.4, -0.2) is 30.7 Å². The standard InChI is InChI=1S/C17H18ClN3O3S/c1-13-4-7-15(8-5-13)25(22,23)24-20-17-3-2-10-21(17)12-14-6-9-16(18)19-11-14/h4-9,11H,2-3,10,12H2,1H3/b20-17+.